The molecule has 3 saturated carbocycles. The highest BCUT2D eigenvalue weighted by Gasteiger charge is 2.44. The molecule has 5 fully saturated rings. The van der Waals surface area contributed by atoms with Crippen molar-refractivity contribution in [3.8, 4) is 43.4 Å². The Morgan fingerprint density at radius 1 is 0.573 bits per heavy atom. The number of benzene rings is 3. The van der Waals surface area contributed by atoms with Gasteiger partial charge in [-0.25, -0.2) is 19.6 Å². The molecule has 4 aliphatic carbocycles. The minimum absolute atomic E-state index is 0.0442. The number of nitrogens with zero attached hydrogens (tertiary/aromatic N) is 4. The van der Waals surface area contributed by atoms with Crippen LogP contribution in [0.2, 0.25) is 0 Å². The Labute approximate surface area is 440 Å². The molecule has 2 aromatic carbocycles. The lowest BCUT2D eigenvalue weighted by Gasteiger charge is -2.34. The fraction of sp³-hybridized carbons (Fsp3) is 0.492. The molecule has 2 saturated heterocycles. The van der Waals surface area contributed by atoms with E-state index in [9.17, 15) is 19.2 Å². The highest BCUT2D eigenvalue weighted by Crippen LogP contribution is 2.60. The van der Waals surface area contributed by atoms with Crippen molar-refractivity contribution < 1.29 is 33.1 Å². The van der Waals surface area contributed by atoms with Crippen molar-refractivity contribution in [1.29, 1.82) is 0 Å². The van der Waals surface area contributed by atoms with Gasteiger partial charge in [-0.15, -0.1) is 11.3 Å². The van der Waals surface area contributed by atoms with Crippen LogP contribution in [0.1, 0.15) is 156 Å². The average Bonchev–Trinajstić information content (AvgIpc) is 4.34. The molecule has 0 radical (unpaired) electrons. The number of amides is 4. The second-order valence-corrected chi connectivity index (χ2v) is 23.3. The summed E-state index contributed by atoms with van der Waals surface area (Å²) < 4.78 is 16.5. The van der Waals surface area contributed by atoms with E-state index >= 15 is 0 Å². The smallest absolute Gasteiger partial charge is 0.407 e. The average molecular weight is 1030 g/mol. The molecule has 0 spiro atoms. The summed E-state index contributed by atoms with van der Waals surface area (Å²) in [6, 6.07) is 16.1. The Bertz CT molecular complexity index is 3290. The minimum atomic E-state index is -0.625. The van der Waals surface area contributed by atoms with Gasteiger partial charge in [-0.05, 0) is 146 Å². The Kier molecular flexibility index (Phi) is 12.7. The molecule has 75 heavy (non-hydrogen) atoms. The molecule has 4 amide bonds. The van der Waals surface area contributed by atoms with Gasteiger partial charge in [0.05, 0.1) is 55.0 Å². The number of hydrogen-bond acceptors (Lipinski definition) is 10. The SMILES string of the molecule is COC(=O)NC(C(=O)N1CCCC1c1ncc(-c2ccc(-c3ccc(-c4ccc(-c5cnc(C6CCCN6C(=O)C(NC(=O)OC)C6CCCCC6)[nH]5)c5c6ccc(o6)c45)c4c3C3CCC4C3)s2)[nH]1)C1CCCCC1. The lowest BCUT2D eigenvalue weighted by molar-refractivity contribution is -0.136. The number of aromatic nitrogens is 4. The maximum absolute atomic E-state index is 14.4. The number of methoxy groups -OCH3 is 2. The Morgan fingerprint density at radius 2 is 1.07 bits per heavy atom. The van der Waals surface area contributed by atoms with Gasteiger partial charge in [0, 0.05) is 34.3 Å². The molecule has 16 heteroatoms. The number of H-pyrrole nitrogens is 2. The van der Waals surface area contributed by atoms with E-state index in [0.717, 1.165) is 152 Å². The summed E-state index contributed by atoms with van der Waals surface area (Å²) in [4.78, 5) is 77.0. The summed E-state index contributed by atoms with van der Waals surface area (Å²) in [5, 5.41) is 8.01. The summed E-state index contributed by atoms with van der Waals surface area (Å²) in [7, 11) is 2.70. The lowest BCUT2D eigenvalue weighted by atomic mass is 9.81. The molecule has 6 aliphatic rings. The van der Waals surface area contributed by atoms with Crippen LogP contribution in [0, 0.1) is 11.8 Å². The first-order chi connectivity index (χ1) is 36.7. The van der Waals surface area contributed by atoms with Crippen molar-refractivity contribution in [3.05, 3.63) is 83.7 Å². The third kappa shape index (κ3) is 8.45. The van der Waals surface area contributed by atoms with Crippen LogP contribution in [-0.2, 0) is 19.1 Å². The summed E-state index contributed by atoms with van der Waals surface area (Å²) in [5.74, 6) is 2.60. The molecular weight excluding hydrogens is 965 g/mol. The van der Waals surface area contributed by atoms with Gasteiger partial charge in [-0.3, -0.25) is 9.59 Å². The summed E-state index contributed by atoms with van der Waals surface area (Å²) in [5.41, 5.74) is 11.2. The normalized spacial score (nSPS) is 22.8. The van der Waals surface area contributed by atoms with E-state index in [1.54, 1.807) is 11.3 Å². The summed E-state index contributed by atoms with van der Waals surface area (Å²) in [6.07, 6.45) is 19.7. The number of carbonyl (C=O) groups excluding carboxylic acids is 4. The van der Waals surface area contributed by atoms with Crippen molar-refractivity contribution in [3.63, 3.8) is 0 Å². The van der Waals surface area contributed by atoms with Crippen LogP contribution in [0.3, 0.4) is 0 Å². The Hall–Kier alpha value is -6.68. The number of aromatic amines is 2. The van der Waals surface area contributed by atoms with E-state index in [1.807, 2.05) is 22.2 Å². The molecule has 6 unspecified atom stereocenters. The molecule has 7 aromatic rings. The highest BCUT2D eigenvalue weighted by molar-refractivity contribution is 7.18. The first-order valence-corrected chi connectivity index (χ1v) is 28.5. The molecule has 6 atom stereocenters. The van der Waals surface area contributed by atoms with E-state index in [1.165, 1.54) is 59.8 Å². The second-order valence-electron chi connectivity index (χ2n) is 22.2. The fourth-order valence-electron chi connectivity index (χ4n) is 14.6. The summed E-state index contributed by atoms with van der Waals surface area (Å²) >= 11 is 1.78. The van der Waals surface area contributed by atoms with E-state index in [0.29, 0.717) is 24.9 Å². The number of hydrogen-bond donors (Lipinski definition) is 4. The van der Waals surface area contributed by atoms with Crippen molar-refractivity contribution >= 4 is 57.3 Å². The van der Waals surface area contributed by atoms with Gasteiger partial charge in [0.1, 0.15) is 34.9 Å². The van der Waals surface area contributed by atoms with Gasteiger partial charge in [0.15, 0.2) is 0 Å². The molecule has 7 heterocycles. The van der Waals surface area contributed by atoms with Crippen LogP contribution in [0.15, 0.2) is 65.3 Å². The van der Waals surface area contributed by atoms with Gasteiger partial charge in [0.2, 0.25) is 11.8 Å². The number of imidazole rings is 2. The maximum atomic E-state index is 14.4. The van der Waals surface area contributed by atoms with E-state index in [2.05, 4.69) is 69.1 Å². The van der Waals surface area contributed by atoms with Crippen LogP contribution in [0.25, 0.3) is 65.3 Å². The third-order valence-corrected chi connectivity index (χ3v) is 19.3. The van der Waals surface area contributed by atoms with Crippen molar-refractivity contribution in [2.24, 2.45) is 11.8 Å². The molecule has 13 rings (SSSR count). The molecule has 5 aromatic heterocycles. The van der Waals surface area contributed by atoms with Gasteiger partial charge in [-0.2, -0.15) is 0 Å². The number of ether oxygens (including phenoxy) is 2. The van der Waals surface area contributed by atoms with Crippen molar-refractivity contribution in [1.82, 2.24) is 40.4 Å². The zero-order valence-corrected chi connectivity index (χ0v) is 43.7. The largest absolute Gasteiger partial charge is 0.456 e. The van der Waals surface area contributed by atoms with E-state index in [-0.39, 0.29) is 35.7 Å². The minimum Gasteiger partial charge on any atom is -0.456 e. The number of carbonyl (C=O) groups is 4. The first-order valence-electron chi connectivity index (χ1n) is 27.7. The lowest BCUT2D eigenvalue weighted by Crippen LogP contribution is -2.52. The first kappa shape index (κ1) is 48.0. The number of nitrogens with one attached hydrogen (secondary N) is 4. The van der Waals surface area contributed by atoms with Crippen LogP contribution in [0.5, 0.6) is 0 Å². The van der Waals surface area contributed by atoms with E-state index in [4.69, 9.17) is 23.9 Å². The highest BCUT2D eigenvalue weighted by atomic mass is 32.1. The zero-order valence-electron chi connectivity index (χ0n) is 42.9. The van der Waals surface area contributed by atoms with Gasteiger partial charge in [-0.1, -0.05) is 62.8 Å². The summed E-state index contributed by atoms with van der Waals surface area (Å²) in [6.45, 7) is 1.24. The number of likely N-dealkylation sites (tertiary alicyclic amines) is 2. The topological polar surface area (TPSA) is 188 Å². The van der Waals surface area contributed by atoms with Crippen LogP contribution >= 0.6 is 11.3 Å². The predicted molar refractivity (Wildman–Crippen MR) is 287 cm³/mol. The molecular formula is C59H66N8O7S. The number of fused-ring (bicyclic) bond motifs is 10. The fourth-order valence-corrected chi connectivity index (χ4v) is 15.6. The second kappa shape index (κ2) is 19.8. The molecule has 390 valence electrons. The Morgan fingerprint density at radius 3 is 1.65 bits per heavy atom. The third-order valence-electron chi connectivity index (χ3n) is 18.1. The molecule has 4 bridgehead atoms. The zero-order chi connectivity index (χ0) is 50.9. The molecule has 15 nitrogen and oxygen atoms in total. The van der Waals surface area contributed by atoms with Crippen molar-refractivity contribution in [2.75, 3.05) is 27.3 Å². The quantitative estimate of drug-likeness (QED) is 0.0923. The van der Waals surface area contributed by atoms with E-state index < -0.39 is 24.3 Å². The van der Waals surface area contributed by atoms with Gasteiger partial charge in [0.25, 0.3) is 0 Å². The van der Waals surface area contributed by atoms with Crippen LogP contribution < -0.4 is 10.6 Å². The van der Waals surface area contributed by atoms with Gasteiger partial charge >= 0.3 is 12.2 Å². The van der Waals surface area contributed by atoms with Crippen molar-refractivity contribution in [2.45, 2.75) is 145 Å². The number of alkyl carbamates (subject to hydrolysis) is 2. The molecule has 4 N–H and O–H groups in total. The number of thiophene rings is 1. The monoisotopic (exact) mass is 1030 g/mol. The predicted octanol–water partition coefficient (Wildman–Crippen LogP) is 12.5. The molecule has 2 aliphatic heterocycles. The van der Waals surface area contributed by atoms with Crippen LogP contribution in [-0.4, -0.2) is 93.1 Å². The Balaban J connectivity index is 0.776. The number of rotatable bonds is 12. The maximum Gasteiger partial charge on any atom is 0.407 e. The standard InChI is InChI=1S/C59H66N8O7S/c1-72-58(70)64-52(32-11-5-3-6-12-32)56(68)66-27-9-15-42(66)54-60-30-40(62-54)38-21-19-37(50-44-23-24-45(74-44)51(38)50)36-20-22-39(49-35-18-17-34(29-35)48(36)49)46-25-26-47(75-46)41-31-61-55(63-41)43-16-10-28-67(43)57(69)53(65-59(71)73-2)33-13-7-4-8-14-33/h19-26,30-35,42-43,52-53H,3-18,27-29H2,1-2H3,(H,60,62)(H,61,63)(H,64,70)(H,65,71). The van der Waals surface area contributed by atoms with Gasteiger partial charge < -0.3 is 44.3 Å². The van der Waals surface area contributed by atoms with Crippen LogP contribution in [0.4, 0.5) is 9.59 Å². The number of furan rings is 2.